The number of ketones is 1. The first kappa shape index (κ1) is 22.3. The molecule has 0 aliphatic carbocycles. The van der Waals surface area contributed by atoms with E-state index in [1.807, 2.05) is 6.07 Å². The minimum Gasteiger partial charge on any atom is -0.324 e. The molecule has 0 atom stereocenters. The molecule has 3 aromatic rings. The monoisotopic (exact) mass is 450 g/mol. The van der Waals surface area contributed by atoms with Crippen molar-refractivity contribution >= 4 is 27.3 Å². The van der Waals surface area contributed by atoms with Crippen LogP contribution in [0.5, 0.6) is 0 Å². The van der Waals surface area contributed by atoms with E-state index in [2.05, 4.69) is 20.3 Å². The van der Waals surface area contributed by atoms with Gasteiger partial charge in [0.05, 0.1) is 0 Å². The van der Waals surface area contributed by atoms with Crippen LogP contribution in [-0.4, -0.2) is 41.2 Å². The summed E-state index contributed by atoms with van der Waals surface area (Å²) < 4.78 is 61.1. The maximum absolute atomic E-state index is 12.9. The van der Waals surface area contributed by atoms with E-state index in [4.69, 9.17) is 0 Å². The van der Waals surface area contributed by atoms with Crippen LogP contribution in [0.4, 0.5) is 24.8 Å². The summed E-state index contributed by atoms with van der Waals surface area (Å²) >= 11 is 0. The Kier molecular flexibility index (Phi) is 6.07. The average molecular weight is 450 g/mol. The molecular formula is C20H17F3N4O3S. The molecule has 0 bridgehead atoms. The van der Waals surface area contributed by atoms with Gasteiger partial charge in [0.2, 0.25) is 5.95 Å². The Morgan fingerprint density at radius 3 is 2.42 bits per heavy atom. The van der Waals surface area contributed by atoms with Crippen molar-refractivity contribution in [3.8, 4) is 11.1 Å². The van der Waals surface area contributed by atoms with E-state index in [0.717, 1.165) is 24.1 Å². The highest BCUT2D eigenvalue weighted by molar-refractivity contribution is 7.91. The van der Waals surface area contributed by atoms with Gasteiger partial charge in [0.1, 0.15) is 17.1 Å². The molecular weight excluding hydrogens is 433 g/mol. The van der Waals surface area contributed by atoms with Gasteiger partial charge in [0, 0.05) is 29.9 Å². The van der Waals surface area contributed by atoms with Gasteiger partial charge in [-0.05, 0) is 42.3 Å². The zero-order valence-corrected chi connectivity index (χ0v) is 17.3. The van der Waals surface area contributed by atoms with Crippen LogP contribution in [0, 0.1) is 6.92 Å². The van der Waals surface area contributed by atoms with E-state index in [1.165, 1.54) is 12.3 Å². The van der Waals surface area contributed by atoms with Crippen LogP contribution in [0.3, 0.4) is 0 Å². The van der Waals surface area contributed by atoms with Gasteiger partial charge in [0.15, 0.2) is 15.6 Å². The predicted molar refractivity (Wildman–Crippen MR) is 109 cm³/mol. The number of nitrogens with one attached hydrogen (secondary N) is 1. The molecule has 0 radical (unpaired) electrons. The number of hydrogen-bond acceptors (Lipinski definition) is 7. The summed E-state index contributed by atoms with van der Waals surface area (Å²) in [6.45, 7) is 1.80. The largest absolute Gasteiger partial charge is 0.433 e. The third-order valence-electron chi connectivity index (χ3n) is 4.06. The second kappa shape index (κ2) is 8.42. The number of sulfone groups is 1. The Morgan fingerprint density at radius 1 is 1.06 bits per heavy atom. The number of carbonyl (C=O) groups excluding carboxylic acids is 1. The third-order valence-corrected chi connectivity index (χ3v) is 4.84. The second-order valence-corrected chi connectivity index (χ2v) is 9.04. The minimum absolute atomic E-state index is 0.0255. The number of alkyl halides is 3. The van der Waals surface area contributed by atoms with Gasteiger partial charge in [-0.1, -0.05) is 12.1 Å². The lowest BCUT2D eigenvalue weighted by Crippen LogP contribution is -2.15. The smallest absolute Gasteiger partial charge is 0.324 e. The van der Waals surface area contributed by atoms with Crippen molar-refractivity contribution in [2.45, 2.75) is 13.1 Å². The van der Waals surface area contributed by atoms with E-state index in [9.17, 15) is 26.4 Å². The highest BCUT2D eigenvalue weighted by Crippen LogP contribution is 2.29. The molecule has 3 rings (SSSR count). The van der Waals surface area contributed by atoms with Gasteiger partial charge in [0.25, 0.3) is 0 Å². The van der Waals surface area contributed by atoms with Crippen LogP contribution in [0.15, 0.2) is 48.8 Å². The maximum atomic E-state index is 12.9. The van der Waals surface area contributed by atoms with Crippen LogP contribution in [0.1, 0.15) is 21.7 Å². The Morgan fingerprint density at radius 2 is 1.81 bits per heavy atom. The van der Waals surface area contributed by atoms with E-state index in [1.54, 1.807) is 25.1 Å². The number of hydrogen-bond donors (Lipinski definition) is 1. The Labute approximate surface area is 176 Å². The number of halogens is 3. The fraction of sp³-hybridized carbons (Fsp3) is 0.200. The molecule has 31 heavy (non-hydrogen) atoms. The number of pyridine rings is 1. The van der Waals surface area contributed by atoms with Crippen LogP contribution < -0.4 is 5.32 Å². The lowest BCUT2D eigenvalue weighted by molar-refractivity contribution is -0.141. The molecule has 0 saturated heterocycles. The number of aromatic nitrogens is 3. The molecule has 2 heterocycles. The summed E-state index contributed by atoms with van der Waals surface area (Å²) in [5, 5.41) is 2.76. The normalized spacial score (nSPS) is 11.9. The van der Waals surface area contributed by atoms with Gasteiger partial charge in [-0.25, -0.2) is 18.4 Å². The van der Waals surface area contributed by atoms with Crippen molar-refractivity contribution in [3.05, 3.63) is 65.7 Å². The molecule has 1 aromatic carbocycles. The lowest BCUT2D eigenvalue weighted by Gasteiger charge is -2.11. The zero-order valence-electron chi connectivity index (χ0n) is 16.4. The number of anilines is 2. The number of Topliss-reactive ketones (excluding diaryl/α,β-unsaturated/α-hetero) is 1. The number of benzene rings is 1. The maximum Gasteiger partial charge on any atom is 0.433 e. The molecule has 2 aromatic heterocycles. The molecule has 162 valence electrons. The Bertz CT molecular complexity index is 1230. The van der Waals surface area contributed by atoms with E-state index in [-0.39, 0.29) is 11.6 Å². The second-order valence-electron chi connectivity index (χ2n) is 6.90. The molecule has 0 aliphatic heterocycles. The van der Waals surface area contributed by atoms with Crippen molar-refractivity contribution < 1.29 is 26.4 Å². The molecule has 0 spiro atoms. The minimum atomic E-state index is -4.58. The molecule has 0 fully saturated rings. The van der Waals surface area contributed by atoms with Gasteiger partial charge in [-0.2, -0.15) is 13.2 Å². The van der Waals surface area contributed by atoms with Crippen LogP contribution >= 0.6 is 0 Å². The Balaban J connectivity index is 1.85. The SMILES string of the molecule is Cc1cc(Nc2nccc(C(F)(F)F)n2)cc(-c2ccc(C(=O)CS(C)(=O)=O)nc2)c1. The number of aryl methyl sites for hydroxylation is 1. The van der Waals surface area contributed by atoms with Crippen molar-refractivity contribution in [2.75, 3.05) is 17.3 Å². The molecule has 0 unspecified atom stereocenters. The quantitative estimate of drug-likeness (QED) is 0.570. The predicted octanol–water partition coefficient (Wildman–Crippen LogP) is 3.84. The van der Waals surface area contributed by atoms with Crippen LogP contribution in [-0.2, 0) is 16.0 Å². The molecule has 1 N–H and O–H groups in total. The fourth-order valence-electron chi connectivity index (χ4n) is 2.77. The molecule has 11 heteroatoms. The number of rotatable bonds is 6. The van der Waals surface area contributed by atoms with Crippen molar-refractivity contribution in [1.82, 2.24) is 15.0 Å². The van der Waals surface area contributed by atoms with Crippen molar-refractivity contribution in [1.29, 1.82) is 0 Å². The summed E-state index contributed by atoms with van der Waals surface area (Å²) in [6.07, 6.45) is -1.17. The number of carbonyl (C=O) groups is 1. The average Bonchev–Trinajstić information content (AvgIpc) is 2.66. The highest BCUT2D eigenvalue weighted by atomic mass is 32.2. The van der Waals surface area contributed by atoms with E-state index >= 15 is 0 Å². The van der Waals surface area contributed by atoms with Crippen LogP contribution in [0.25, 0.3) is 11.1 Å². The summed E-state index contributed by atoms with van der Waals surface area (Å²) in [5.41, 5.74) is 1.56. The molecule has 7 nitrogen and oxygen atoms in total. The third kappa shape index (κ3) is 6.07. The fourth-order valence-corrected chi connectivity index (χ4v) is 3.39. The zero-order chi connectivity index (χ0) is 22.8. The molecule has 0 saturated carbocycles. The van der Waals surface area contributed by atoms with E-state index in [0.29, 0.717) is 16.8 Å². The van der Waals surface area contributed by atoms with Gasteiger partial charge < -0.3 is 5.32 Å². The Hall–Kier alpha value is -3.34. The lowest BCUT2D eigenvalue weighted by atomic mass is 10.0. The molecule has 0 aliphatic rings. The first-order valence-electron chi connectivity index (χ1n) is 8.87. The topological polar surface area (TPSA) is 102 Å². The van der Waals surface area contributed by atoms with E-state index < -0.39 is 33.2 Å². The van der Waals surface area contributed by atoms with Gasteiger partial charge in [-0.3, -0.25) is 9.78 Å². The summed E-state index contributed by atoms with van der Waals surface area (Å²) in [6, 6.07) is 9.03. The van der Waals surface area contributed by atoms with Gasteiger partial charge in [-0.15, -0.1) is 0 Å². The standard InChI is InChI=1S/C20H17F3N4O3S/c1-12-7-14(13-3-4-16(25-10-13)17(28)11-31(2,29)30)9-15(8-12)26-19-24-6-5-18(27-19)20(21,22)23/h3-10H,11H2,1-2H3,(H,24,26,27). The first-order valence-corrected chi connectivity index (χ1v) is 10.9. The molecule has 0 amide bonds. The summed E-state index contributed by atoms with van der Waals surface area (Å²) in [5.74, 6) is -1.44. The summed E-state index contributed by atoms with van der Waals surface area (Å²) in [7, 11) is -3.47. The number of nitrogens with zero attached hydrogens (tertiary/aromatic N) is 3. The highest BCUT2D eigenvalue weighted by Gasteiger charge is 2.32. The van der Waals surface area contributed by atoms with Crippen molar-refractivity contribution in [2.24, 2.45) is 0 Å². The van der Waals surface area contributed by atoms with Crippen LogP contribution in [0.2, 0.25) is 0 Å². The van der Waals surface area contributed by atoms with Gasteiger partial charge >= 0.3 is 6.18 Å². The summed E-state index contributed by atoms with van der Waals surface area (Å²) in [4.78, 5) is 23.3. The van der Waals surface area contributed by atoms with Crippen molar-refractivity contribution in [3.63, 3.8) is 0 Å². The first-order chi connectivity index (χ1) is 14.4.